The Bertz CT molecular complexity index is 241. The molecule has 1 aliphatic rings. The molecule has 1 fully saturated rings. The molecular formula is C9H13NO. The molecule has 0 saturated heterocycles. The van der Waals surface area contributed by atoms with Crippen molar-refractivity contribution in [3.05, 3.63) is 17.3 Å². The molecule has 1 aliphatic carbocycles. The number of oxazole rings is 1. The van der Waals surface area contributed by atoms with Crippen LogP contribution < -0.4 is 0 Å². The summed E-state index contributed by atoms with van der Waals surface area (Å²) in [7, 11) is 0. The minimum Gasteiger partial charge on any atom is -0.446 e. The van der Waals surface area contributed by atoms with E-state index >= 15 is 0 Å². The highest BCUT2D eigenvalue weighted by molar-refractivity contribution is 5.06. The number of nitrogens with zero attached hydrogens (tertiary/aromatic N) is 1. The van der Waals surface area contributed by atoms with Gasteiger partial charge in [-0.2, -0.15) is 0 Å². The van der Waals surface area contributed by atoms with Crippen LogP contribution in [0.25, 0.3) is 0 Å². The molecule has 0 bridgehead atoms. The van der Waals surface area contributed by atoms with Crippen LogP contribution in [0.3, 0.4) is 0 Å². The van der Waals surface area contributed by atoms with E-state index in [0.717, 1.165) is 29.7 Å². The Balaban J connectivity index is 2.11. The van der Waals surface area contributed by atoms with E-state index in [-0.39, 0.29) is 0 Å². The van der Waals surface area contributed by atoms with Crippen LogP contribution in [0, 0.1) is 19.8 Å². The molecule has 0 N–H and O–H groups in total. The van der Waals surface area contributed by atoms with E-state index < -0.39 is 0 Å². The summed E-state index contributed by atoms with van der Waals surface area (Å²) in [5, 5.41) is 0. The zero-order chi connectivity index (χ0) is 7.84. The first-order valence-corrected chi connectivity index (χ1v) is 4.18. The maximum absolute atomic E-state index is 5.45. The Labute approximate surface area is 66.6 Å². The SMILES string of the molecule is Cc1nc(CC2CC2)oc1C. The first-order chi connectivity index (χ1) is 5.25. The maximum Gasteiger partial charge on any atom is 0.194 e. The van der Waals surface area contributed by atoms with Crippen molar-refractivity contribution in [3.63, 3.8) is 0 Å². The highest BCUT2D eigenvalue weighted by atomic mass is 16.4. The van der Waals surface area contributed by atoms with Crippen LogP contribution in [0.5, 0.6) is 0 Å². The lowest BCUT2D eigenvalue weighted by atomic mass is 10.3. The van der Waals surface area contributed by atoms with Crippen molar-refractivity contribution in [2.24, 2.45) is 5.92 Å². The second-order valence-electron chi connectivity index (χ2n) is 3.40. The molecule has 0 amide bonds. The molecule has 0 atom stereocenters. The van der Waals surface area contributed by atoms with Gasteiger partial charge in [0, 0.05) is 6.42 Å². The third-order valence-corrected chi connectivity index (χ3v) is 2.23. The van der Waals surface area contributed by atoms with E-state index in [2.05, 4.69) is 4.98 Å². The zero-order valence-corrected chi connectivity index (χ0v) is 7.05. The van der Waals surface area contributed by atoms with Gasteiger partial charge in [0.25, 0.3) is 0 Å². The van der Waals surface area contributed by atoms with Gasteiger partial charge in [0.15, 0.2) is 5.89 Å². The van der Waals surface area contributed by atoms with Gasteiger partial charge < -0.3 is 4.42 Å². The van der Waals surface area contributed by atoms with Gasteiger partial charge in [0.2, 0.25) is 0 Å². The molecule has 2 nitrogen and oxygen atoms in total. The summed E-state index contributed by atoms with van der Waals surface area (Å²) < 4.78 is 5.45. The minimum absolute atomic E-state index is 0.868. The normalized spacial score (nSPS) is 17.3. The lowest BCUT2D eigenvalue weighted by molar-refractivity contribution is 0.460. The Morgan fingerprint density at radius 1 is 1.45 bits per heavy atom. The number of aromatic nitrogens is 1. The molecule has 1 aromatic rings. The van der Waals surface area contributed by atoms with Crippen molar-refractivity contribution in [2.45, 2.75) is 33.1 Å². The minimum atomic E-state index is 0.868. The van der Waals surface area contributed by atoms with Gasteiger partial charge in [-0.3, -0.25) is 0 Å². The van der Waals surface area contributed by atoms with Gasteiger partial charge in [0.1, 0.15) is 5.76 Å². The number of hydrogen-bond acceptors (Lipinski definition) is 2. The molecule has 0 aliphatic heterocycles. The van der Waals surface area contributed by atoms with Crippen LogP contribution in [-0.4, -0.2) is 4.98 Å². The Morgan fingerprint density at radius 2 is 2.18 bits per heavy atom. The number of rotatable bonds is 2. The number of hydrogen-bond donors (Lipinski definition) is 0. The largest absolute Gasteiger partial charge is 0.446 e. The van der Waals surface area contributed by atoms with Crippen molar-refractivity contribution in [3.8, 4) is 0 Å². The topological polar surface area (TPSA) is 26.0 Å². The third kappa shape index (κ3) is 1.44. The van der Waals surface area contributed by atoms with Crippen LogP contribution in [0.1, 0.15) is 30.2 Å². The average molecular weight is 151 g/mol. The molecule has 2 heteroatoms. The van der Waals surface area contributed by atoms with Gasteiger partial charge in [-0.15, -0.1) is 0 Å². The standard InChI is InChI=1S/C9H13NO/c1-6-7(2)11-9(10-6)5-8-3-4-8/h8H,3-5H2,1-2H3. The molecule has 60 valence electrons. The second-order valence-corrected chi connectivity index (χ2v) is 3.40. The van der Waals surface area contributed by atoms with Gasteiger partial charge in [0.05, 0.1) is 5.69 Å². The van der Waals surface area contributed by atoms with Crippen LogP contribution in [0.2, 0.25) is 0 Å². The van der Waals surface area contributed by atoms with E-state index in [1.807, 2.05) is 13.8 Å². The summed E-state index contributed by atoms with van der Waals surface area (Å²) in [4.78, 5) is 4.32. The third-order valence-electron chi connectivity index (χ3n) is 2.23. The van der Waals surface area contributed by atoms with Crippen LogP contribution in [0.4, 0.5) is 0 Å². The molecule has 1 saturated carbocycles. The van der Waals surface area contributed by atoms with Gasteiger partial charge in [-0.05, 0) is 32.6 Å². The summed E-state index contributed by atoms with van der Waals surface area (Å²) in [6.07, 6.45) is 3.77. The fourth-order valence-electron chi connectivity index (χ4n) is 1.20. The van der Waals surface area contributed by atoms with Crippen molar-refractivity contribution in [1.29, 1.82) is 0 Å². The Kier molecular flexibility index (Phi) is 1.48. The second kappa shape index (κ2) is 2.36. The van der Waals surface area contributed by atoms with E-state index in [9.17, 15) is 0 Å². The summed E-state index contributed by atoms with van der Waals surface area (Å²) in [6, 6.07) is 0. The molecule has 0 unspecified atom stereocenters. The summed E-state index contributed by atoms with van der Waals surface area (Å²) in [5.41, 5.74) is 1.04. The summed E-state index contributed by atoms with van der Waals surface area (Å²) >= 11 is 0. The Morgan fingerprint density at radius 3 is 2.64 bits per heavy atom. The number of aryl methyl sites for hydroxylation is 2. The van der Waals surface area contributed by atoms with E-state index in [1.54, 1.807) is 0 Å². The first kappa shape index (κ1) is 6.89. The van der Waals surface area contributed by atoms with Crippen molar-refractivity contribution in [2.75, 3.05) is 0 Å². The van der Waals surface area contributed by atoms with Gasteiger partial charge in [-0.25, -0.2) is 4.98 Å². The predicted octanol–water partition coefficient (Wildman–Crippen LogP) is 2.24. The van der Waals surface area contributed by atoms with E-state index in [4.69, 9.17) is 4.42 Å². The molecule has 1 aromatic heterocycles. The monoisotopic (exact) mass is 151 g/mol. The van der Waals surface area contributed by atoms with Gasteiger partial charge >= 0.3 is 0 Å². The van der Waals surface area contributed by atoms with Crippen LogP contribution in [-0.2, 0) is 6.42 Å². The highest BCUT2D eigenvalue weighted by Crippen LogP contribution is 2.32. The molecule has 0 spiro atoms. The lowest BCUT2D eigenvalue weighted by Crippen LogP contribution is -1.85. The first-order valence-electron chi connectivity index (χ1n) is 4.18. The van der Waals surface area contributed by atoms with Gasteiger partial charge in [-0.1, -0.05) is 0 Å². The highest BCUT2D eigenvalue weighted by Gasteiger charge is 2.23. The van der Waals surface area contributed by atoms with E-state index in [0.29, 0.717) is 0 Å². The van der Waals surface area contributed by atoms with Crippen molar-refractivity contribution < 1.29 is 4.42 Å². The molecular weight excluding hydrogens is 138 g/mol. The maximum atomic E-state index is 5.45. The van der Waals surface area contributed by atoms with Crippen LogP contribution >= 0.6 is 0 Å². The molecule has 1 heterocycles. The average Bonchev–Trinajstić information content (AvgIpc) is 2.65. The quantitative estimate of drug-likeness (QED) is 0.648. The molecule has 0 aromatic carbocycles. The molecule has 2 rings (SSSR count). The smallest absolute Gasteiger partial charge is 0.194 e. The predicted molar refractivity (Wildman–Crippen MR) is 42.4 cm³/mol. The Hall–Kier alpha value is -0.790. The zero-order valence-electron chi connectivity index (χ0n) is 7.05. The van der Waals surface area contributed by atoms with Crippen LogP contribution in [0.15, 0.2) is 4.42 Å². The van der Waals surface area contributed by atoms with Crippen molar-refractivity contribution in [1.82, 2.24) is 4.98 Å². The molecule has 0 radical (unpaired) electrons. The summed E-state index contributed by atoms with van der Waals surface area (Å²) in [6.45, 7) is 3.97. The van der Waals surface area contributed by atoms with Crippen molar-refractivity contribution >= 4 is 0 Å². The lowest BCUT2D eigenvalue weighted by Gasteiger charge is -1.87. The fourth-order valence-corrected chi connectivity index (χ4v) is 1.20. The fraction of sp³-hybridized carbons (Fsp3) is 0.667. The molecule has 11 heavy (non-hydrogen) atoms. The van der Waals surface area contributed by atoms with E-state index in [1.165, 1.54) is 12.8 Å². The summed E-state index contributed by atoms with van der Waals surface area (Å²) in [5.74, 6) is 2.77.